The van der Waals surface area contributed by atoms with Crippen LogP contribution in [0.15, 0.2) is 0 Å². The highest BCUT2D eigenvalue weighted by Crippen LogP contribution is 2.42. The van der Waals surface area contributed by atoms with E-state index in [1.54, 1.807) is 0 Å². The van der Waals surface area contributed by atoms with Gasteiger partial charge < -0.3 is 9.80 Å². The van der Waals surface area contributed by atoms with Crippen LogP contribution in [0.1, 0.15) is 13.3 Å². The van der Waals surface area contributed by atoms with Crippen molar-refractivity contribution in [3.05, 3.63) is 0 Å². The van der Waals surface area contributed by atoms with Gasteiger partial charge in [-0.3, -0.25) is 0 Å². The standard InChI is InChI=1S/C10H20N2/c1-9-6-11(2)5-4-10(9)7-12(3)8-10/h9H,4-8H2,1-3H3/t9-/m1/s1. The van der Waals surface area contributed by atoms with Crippen molar-refractivity contribution in [2.45, 2.75) is 13.3 Å². The molecule has 0 aromatic rings. The molecule has 2 saturated heterocycles. The predicted molar refractivity (Wildman–Crippen MR) is 51.2 cm³/mol. The Labute approximate surface area is 75.5 Å². The molecule has 0 saturated carbocycles. The summed E-state index contributed by atoms with van der Waals surface area (Å²) in [7, 11) is 4.47. The van der Waals surface area contributed by atoms with E-state index in [1.807, 2.05) is 0 Å². The first-order valence-electron chi connectivity index (χ1n) is 4.99. The van der Waals surface area contributed by atoms with Gasteiger partial charge in [-0.05, 0) is 33.0 Å². The lowest BCUT2D eigenvalue weighted by atomic mass is 9.66. The molecule has 1 spiro atoms. The van der Waals surface area contributed by atoms with Crippen LogP contribution in [-0.2, 0) is 0 Å². The molecule has 0 aromatic carbocycles. The molecule has 0 bridgehead atoms. The maximum absolute atomic E-state index is 2.47. The molecule has 1 atom stereocenters. The molecule has 0 unspecified atom stereocenters. The molecular formula is C10H20N2. The first-order valence-corrected chi connectivity index (χ1v) is 4.99. The summed E-state index contributed by atoms with van der Waals surface area (Å²) >= 11 is 0. The molecule has 2 rings (SSSR count). The van der Waals surface area contributed by atoms with Crippen molar-refractivity contribution in [3.63, 3.8) is 0 Å². The van der Waals surface area contributed by atoms with Crippen LogP contribution >= 0.6 is 0 Å². The van der Waals surface area contributed by atoms with Gasteiger partial charge in [-0.1, -0.05) is 6.92 Å². The van der Waals surface area contributed by atoms with Crippen LogP contribution in [0.5, 0.6) is 0 Å². The van der Waals surface area contributed by atoms with Gasteiger partial charge in [0, 0.05) is 25.0 Å². The molecule has 70 valence electrons. The van der Waals surface area contributed by atoms with E-state index in [0.29, 0.717) is 5.41 Å². The van der Waals surface area contributed by atoms with Gasteiger partial charge in [0.15, 0.2) is 0 Å². The molecule has 0 radical (unpaired) electrons. The Morgan fingerprint density at radius 3 is 2.33 bits per heavy atom. The highest BCUT2D eigenvalue weighted by Gasteiger charge is 2.47. The molecule has 2 fully saturated rings. The third-order valence-corrected chi connectivity index (χ3v) is 3.79. The predicted octanol–water partition coefficient (Wildman–Crippen LogP) is 0.890. The zero-order chi connectivity index (χ0) is 8.77. The summed E-state index contributed by atoms with van der Waals surface area (Å²) in [4.78, 5) is 4.91. The van der Waals surface area contributed by atoms with Crippen LogP contribution in [0.4, 0.5) is 0 Å². The molecule has 12 heavy (non-hydrogen) atoms. The normalized spacial score (nSPS) is 36.8. The molecule has 2 nitrogen and oxygen atoms in total. The van der Waals surface area contributed by atoms with Crippen molar-refractivity contribution in [3.8, 4) is 0 Å². The Hall–Kier alpha value is -0.0800. The second kappa shape index (κ2) is 2.71. The summed E-state index contributed by atoms with van der Waals surface area (Å²) in [5, 5.41) is 0. The Bertz CT molecular complexity index is 173. The fourth-order valence-corrected chi connectivity index (χ4v) is 2.91. The second-order valence-electron chi connectivity index (χ2n) is 4.95. The largest absolute Gasteiger partial charge is 0.306 e. The van der Waals surface area contributed by atoms with E-state index < -0.39 is 0 Å². The van der Waals surface area contributed by atoms with E-state index in [9.17, 15) is 0 Å². The van der Waals surface area contributed by atoms with Crippen molar-refractivity contribution < 1.29 is 0 Å². The van der Waals surface area contributed by atoms with Crippen molar-refractivity contribution >= 4 is 0 Å². The molecule has 0 N–H and O–H groups in total. The Balaban J connectivity index is 1.99. The highest BCUT2D eigenvalue weighted by atomic mass is 15.2. The molecule has 0 amide bonds. The summed E-state index contributed by atoms with van der Waals surface area (Å²) in [5.74, 6) is 0.896. The Kier molecular flexibility index (Phi) is 1.92. The van der Waals surface area contributed by atoms with Gasteiger partial charge in [0.2, 0.25) is 0 Å². The maximum Gasteiger partial charge on any atom is 0.00510 e. The molecule has 0 aromatic heterocycles. The fraction of sp³-hybridized carbons (Fsp3) is 1.00. The Morgan fingerprint density at radius 2 is 1.83 bits per heavy atom. The zero-order valence-corrected chi connectivity index (χ0v) is 8.51. The number of nitrogens with zero attached hydrogens (tertiary/aromatic N) is 2. The first-order chi connectivity index (χ1) is 5.62. The molecule has 2 heterocycles. The minimum absolute atomic E-state index is 0.696. The van der Waals surface area contributed by atoms with Crippen LogP contribution in [0.25, 0.3) is 0 Å². The molecule has 2 aliphatic rings. The number of hydrogen-bond donors (Lipinski definition) is 0. The van der Waals surface area contributed by atoms with Gasteiger partial charge in [-0.25, -0.2) is 0 Å². The van der Waals surface area contributed by atoms with Crippen LogP contribution in [-0.4, -0.2) is 50.1 Å². The number of likely N-dealkylation sites (tertiary alicyclic amines) is 2. The van der Waals surface area contributed by atoms with Crippen LogP contribution in [0, 0.1) is 11.3 Å². The van der Waals surface area contributed by atoms with E-state index in [2.05, 4.69) is 30.8 Å². The second-order valence-corrected chi connectivity index (χ2v) is 4.95. The maximum atomic E-state index is 2.47. The summed E-state index contributed by atoms with van der Waals surface area (Å²) in [6, 6.07) is 0. The minimum Gasteiger partial charge on any atom is -0.306 e. The summed E-state index contributed by atoms with van der Waals surface area (Å²) in [6.07, 6.45) is 1.41. The van der Waals surface area contributed by atoms with E-state index in [4.69, 9.17) is 0 Å². The van der Waals surface area contributed by atoms with Crippen molar-refractivity contribution in [2.24, 2.45) is 11.3 Å². The molecular weight excluding hydrogens is 148 g/mol. The third kappa shape index (κ3) is 1.17. The van der Waals surface area contributed by atoms with E-state index in [1.165, 1.54) is 32.6 Å². The smallest absolute Gasteiger partial charge is 0.00510 e. The quantitative estimate of drug-likeness (QED) is 0.530. The lowest BCUT2D eigenvalue weighted by Gasteiger charge is -2.56. The topological polar surface area (TPSA) is 6.48 Å². The number of piperidine rings is 1. The van der Waals surface area contributed by atoms with Crippen molar-refractivity contribution in [1.82, 2.24) is 9.80 Å². The number of hydrogen-bond acceptors (Lipinski definition) is 2. The summed E-state index contributed by atoms with van der Waals surface area (Å²) < 4.78 is 0. The lowest BCUT2D eigenvalue weighted by molar-refractivity contribution is -0.0682. The first kappa shape index (κ1) is 8.52. The van der Waals surface area contributed by atoms with Gasteiger partial charge in [-0.15, -0.1) is 0 Å². The Morgan fingerprint density at radius 1 is 1.17 bits per heavy atom. The fourth-order valence-electron chi connectivity index (χ4n) is 2.91. The van der Waals surface area contributed by atoms with Gasteiger partial charge in [0.1, 0.15) is 0 Å². The molecule has 2 heteroatoms. The van der Waals surface area contributed by atoms with Gasteiger partial charge in [-0.2, -0.15) is 0 Å². The minimum atomic E-state index is 0.696. The van der Waals surface area contributed by atoms with Crippen LogP contribution < -0.4 is 0 Å². The summed E-state index contributed by atoms with van der Waals surface area (Å²) in [5.41, 5.74) is 0.696. The van der Waals surface area contributed by atoms with E-state index in [-0.39, 0.29) is 0 Å². The average molecular weight is 168 g/mol. The van der Waals surface area contributed by atoms with Crippen molar-refractivity contribution in [1.29, 1.82) is 0 Å². The average Bonchev–Trinajstić information content (AvgIpc) is 1.93. The summed E-state index contributed by atoms with van der Waals surface area (Å²) in [6.45, 7) is 7.69. The monoisotopic (exact) mass is 168 g/mol. The van der Waals surface area contributed by atoms with Gasteiger partial charge in [0.05, 0.1) is 0 Å². The molecule has 2 aliphatic heterocycles. The van der Waals surface area contributed by atoms with Gasteiger partial charge in [0.25, 0.3) is 0 Å². The van der Waals surface area contributed by atoms with Crippen molar-refractivity contribution in [2.75, 3.05) is 40.3 Å². The van der Waals surface area contributed by atoms with Crippen LogP contribution in [0.2, 0.25) is 0 Å². The third-order valence-electron chi connectivity index (χ3n) is 3.79. The van der Waals surface area contributed by atoms with Crippen LogP contribution in [0.3, 0.4) is 0 Å². The van der Waals surface area contributed by atoms with Gasteiger partial charge >= 0.3 is 0 Å². The molecule has 0 aliphatic carbocycles. The number of rotatable bonds is 0. The zero-order valence-electron chi connectivity index (χ0n) is 8.51. The van der Waals surface area contributed by atoms with E-state index in [0.717, 1.165) is 5.92 Å². The van der Waals surface area contributed by atoms with E-state index >= 15 is 0 Å². The SMILES string of the molecule is C[C@@H]1CN(C)CCC12CN(C)C2. The highest BCUT2D eigenvalue weighted by molar-refractivity contribution is 5.00. The lowest BCUT2D eigenvalue weighted by Crippen LogP contribution is -2.62.